The first-order valence-electron chi connectivity index (χ1n) is 10.7. The van der Waals surface area contributed by atoms with Gasteiger partial charge < -0.3 is 19.7 Å². The molecule has 1 spiro atoms. The molecule has 4 unspecified atom stereocenters. The molecule has 1 amide bonds. The molecule has 0 radical (unpaired) electrons. The van der Waals surface area contributed by atoms with Crippen LogP contribution in [0.4, 0.5) is 5.13 Å². The number of rotatable bonds is 4. The van der Waals surface area contributed by atoms with Gasteiger partial charge in [-0.05, 0) is 49.1 Å². The Morgan fingerprint density at radius 3 is 2.79 bits per heavy atom. The van der Waals surface area contributed by atoms with Crippen LogP contribution in [0.5, 0.6) is 5.75 Å². The number of carbonyl (C=O) groups is 1. The predicted octanol–water partition coefficient (Wildman–Crippen LogP) is 3.45. The number of anilines is 1. The molecule has 6 rings (SSSR count). The molecule has 2 aliphatic carbocycles. The van der Waals surface area contributed by atoms with E-state index in [1.807, 2.05) is 12.1 Å². The second-order valence-electron chi connectivity index (χ2n) is 9.32. The zero-order valence-corrected chi connectivity index (χ0v) is 17.8. The summed E-state index contributed by atoms with van der Waals surface area (Å²) in [6.45, 7) is 4.96. The van der Waals surface area contributed by atoms with Crippen molar-refractivity contribution in [2.45, 2.75) is 44.2 Å². The van der Waals surface area contributed by atoms with E-state index >= 15 is 0 Å². The molecule has 2 aliphatic heterocycles. The van der Waals surface area contributed by atoms with E-state index in [9.17, 15) is 4.79 Å². The normalized spacial score (nSPS) is 31.7. The summed E-state index contributed by atoms with van der Waals surface area (Å²) in [5.74, 6) is 2.56. The molecular weight excluding hydrogens is 386 g/mol. The lowest BCUT2D eigenvalue weighted by atomic mass is 9.86. The second kappa shape index (κ2) is 6.32. The summed E-state index contributed by atoms with van der Waals surface area (Å²) in [5, 5.41) is 4.34. The Morgan fingerprint density at radius 1 is 1.34 bits per heavy atom. The van der Waals surface area contributed by atoms with Gasteiger partial charge in [0.15, 0.2) is 5.13 Å². The molecule has 4 aliphatic rings. The van der Waals surface area contributed by atoms with Gasteiger partial charge in [-0.1, -0.05) is 18.3 Å². The molecule has 29 heavy (non-hydrogen) atoms. The van der Waals surface area contributed by atoms with E-state index in [0.717, 1.165) is 47.4 Å². The van der Waals surface area contributed by atoms with Crippen molar-refractivity contribution in [2.24, 2.45) is 17.8 Å². The highest BCUT2D eigenvalue weighted by atomic mass is 32.1. The zero-order chi connectivity index (χ0) is 19.8. The number of nitrogens with one attached hydrogen (secondary N) is 1. The number of methoxy groups -OCH3 is 1. The van der Waals surface area contributed by atoms with Gasteiger partial charge in [-0.3, -0.25) is 4.79 Å². The molecule has 6 nitrogen and oxygen atoms in total. The number of fused-ring (bicyclic) bond motifs is 3. The van der Waals surface area contributed by atoms with E-state index in [-0.39, 0.29) is 17.6 Å². The Morgan fingerprint density at radius 2 is 2.14 bits per heavy atom. The molecule has 1 N–H and O–H groups in total. The van der Waals surface area contributed by atoms with Crippen LogP contribution in [-0.4, -0.2) is 49.3 Å². The fourth-order valence-electron chi connectivity index (χ4n) is 5.96. The molecule has 7 heteroatoms. The van der Waals surface area contributed by atoms with Crippen molar-refractivity contribution in [3.63, 3.8) is 0 Å². The molecule has 1 aromatic carbocycles. The fourth-order valence-corrected chi connectivity index (χ4v) is 7.06. The van der Waals surface area contributed by atoms with Gasteiger partial charge in [0.05, 0.1) is 37.0 Å². The van der Waals surface area contributed by atoms with Crippen LogP contribution in [0.3, 0.4) is 0 Å². The number of ether oxygens (including phenoxy) is 2. The number of carbonyl (C=O) groups excluding carboxylic acids is 1. The molecule has 2 saturated heterocycles. The lowest BCUT2D eigenvalue weighted by Crippen LogP contribution is -2.68. The van der Waals surface area contributed by atoms with Gasteiger partial charge in [-0.25, -0.2) is 4.98 Å². The summed E-state index contributed by atoms with van der Waals surface area (Å²) < 4.78 is 12.2. The summed E-state index contributed by atoms with van der Waals surface area (Å²) in [4.78, 5) is 20.5. The first-order chi connectivity index (χ1) is 14.1. The molecule has 1 aromatic heterocycles. The highest BCUT2D eigenvalue weighted by Gasteiger charge is 2.50. The van der Waals surface area contributed by atoms with Crippen LogP contribution in [0.15, 0.2) is 12.1 Å². The molecule has 2 bridgehead atoms. The van der Waals surface area contributed by atoms with Crippen molar-refractivity contribution in [3.05, 3.63) is 17.7 Å². The van der Waals surface area contributed by atoms with E-state index < -0.39 is 0 Å². The minimum absolute atomic E-state index is 0.0190. The van der Waals surface area contributed by atoms with Crippen molar-refractivity contribution in [3.8, 4) is 5.75 Å². The summed E-state index contributed by atoms with van der Waals surface area (Å²) in [6.07, 6.45) is 4.95. The lowest BCUT2D eigenvalue weighted by Gasteiger charge is -2.55. The Bertz CT molecular complexity index is 975. The number of aromatic nitrogens is 1. The van der Waals surface area contributed by atoms with Crippen LogP contribution in [0, 0.1) is 17.8 Å². The topological polar surface area (TPSA) is 63.7 Å². The fraction of sp³-hybridized carbons (Fsp3) is 0.636. The Hall–Kier alpha value is -1.86. The summed E-state index contributed by atoms with van der Waals surface area (Å²) in [6, 6.07) is 4.11. The summed E-state index contributed by atoms with van der Waals surface area (Å²) in [5.41, 5.74) is 1.57. The van der Waals surface area contributed by atoms with E-state index in [1.165, 1.54) is 19.3 Å². The van der Waals surface area contributed by atoms with Crippen molar-refractivity contribution in [1.82, 2.24) is 10.3 Å². The first-order valence-corrected chi connectivity index (χ1v) is 11.6. The first kappa shape index (κ1) is 18.0. The quantitative estimate of drug-likeness (QED) is 0.832. The second-order valence-corrected chi connectivity index (χ2v) is 10.3. The Kier molecular flexibility index (Phi) is 3.91. The van der Waals surface area contributed by atoms with Gasteiger partial charge >= 0.3 is 0 Å². The van der Waals surface area contributed by atoms with E-state index in [1.54, 1.807) is 18.4 Å². The third kappa shape index (κ3) is 2.63. The largest absolute Gasteiger partial charge is 0.496 e. The maximum atomic E-state index is 13.4. The highest BCUT2D eigenvalue weighted by Crippen LogP contribution is 2.48. The van der Waals surface area contributed by atoms with Crippen molar-refractivity contribution in [1.29, 1.82) is 0 Å². The summed E-state index contributed by atoms with van der Waals surface area (Å²) in [7, 11) is 1.63. The minimum atomic E-state index is -0.0190. The van der Waals surface area contributed by atoms with Crippen LogP contribution in [0.1, 0.15) is 43.0 Å². The smallest absolute Gasteiger partial charge is 0.256 e. The van der Waals surface area contributed by atoms with Gasteiger partial charge in [0.2, 0.25) is 0 Å². The average molecular weight is 414 g/mol. The number of hydrogen-bond acceptors (Lipinski definition) is 6. The lowest BCUT2D eigenvalue weighted by molar-refractivity contribution is -0.160. The van der Waals surface area contributed by atoms with Crippen LogP contribution < -0.4 is 15.0 Å². The number of amides is 1. The van der Waals surface area contributed by atoms with Gasteiger partial charge in [0.25, 0.3) is 5.91 Å². The molecule has 3 heterocycles. The standard InChI is InChI=1S/C22H27N3O3S/c1-12-13-3-4-14(9-13)18(12)24-20(26)17-16(27-2)6-5-15-19(17)29-21(23-15)25-10-22(11-25)7-8-28-22/h5-6,12-14,18H,3-4,7-11H2,1-2H3,(H,24,26). The third-order valence-corrected chi connectivity index (χ3v) is 8.93. The van der Waals surface area contributed by atoms with Gasteiger partial charge in [-0.2, -0.15) is 0 Å². The SMILES string of the molecule is COc1ccc2nc(N3CC4(CCO4)C3)sc2c1C(=O)NC1C2CCC(C2)C1C. The molecular formula is C22H27N3O3S. The van der Waals surface area contributed by atoms with Gasteiger partial charge in [-0.15, -0.1) is 0 Å². The molecule has 4 fully saturated rings. The van der Waals surface area contributed by atoms with E-state index in [0.29, 0.717) is 23.1 Å². The van der Waals surface area contributed by atoms with Crippen LogP contribution in [0.25, 0.3) is 10.2 Å². The van der Waals surface area contributed by atoms with Gasteiger partial charge in [0, 0.05) is 12.5 Å². The van der Waals surface area contributed by atoms with Gasteiger partial charge in [0.1, 0.15) is 16.9 Å². The summed E-state index contributed by atoms with van der Waals surface area (Å²) >= 11 is 1.59. The van der Waals surface area contributed by atoms with E-state index in [2.05, 4.69) is 17.1 Å². The number of thiazole rings is 1. The van der Waals surface area contributed by atoms with Crippen molar-refractivity contribution >= 4 is 32.6 Å². The maximum Gasteiger partial charge on any atom is 0.256 e. The average Bonchev–Trinajstić information content (AvgIpc) is 3.34. The van der Waals surface area contributed by atoms with Crippen molar-refractivity contribution < 1.29 is 14.3 Å². The molecule has 2 saturated carbocycles. The van der Waals surface area contributed by atoms with Crippen LogP contribution >= 0.6 is 11.3 Å². The zero-order valence-electron chi connectivity index (χ0n) is 16.9. The molecule has 2 aromatic rings. The van der Waals surface area contributed by atoms with E-state index in [4.69, 9.17) is 14.5 Å². The van der Waals surface area contributed by atoms with Crippen LogP contribution in [-0.2, 0) is 4.74 Å². The molecule has 4 atom stereocenters. The molecule has 154 valence electrons. The third-order valence-electron chi connectivity index (χ3n) is 7.78. The Labute approximate surface area is 174 Å². The minimum Gasteiger partial charge on any atom is -0.496 e. The van der Waals surface area contributed by atoms with Crippen LogP contribution in [0.2, 0.25) is 0 Å². The number of nitrogens with zero attached hydrogens (tertiary/aromatic N) is 2. The maximum absolute atomic E-state index is 13.4. The number of benzene rings is 1. The Balaban J connectivity index is 1.30. The monoisotopic (exact) mass is 413 g/mol. The van der Waals surface area contributed by atoms with Crippen molar-refractivity contribution in [2.75, 3.05) is 31.7 Å². The number of hydrogen-bond donors (Lipinski definition) is 1. The highest BCUT2D eigenvalue weighted by molar-refractivity contribution is 7.22. The predicted molar refractivity (Wildman–Crippen MR) is 113 cm³/mol.